The van der Waals surface area contributed by atoms with Gasteiger partial charge in [0, 0.05) is 5.56 Å². The molecule has 1 amide bonds. The smallest absolute Gasteiger partial charge is 0.249 e. The van der Waals surface area contributed by atoms with Crippen LogP contribution in [0.3, 0.4) is 0 Å². The zero-order chi connectivity index (χ0) is 15.7. The first kappa shape index (κ1) is 16.7. The first-order valence-electron chi connectivity index (χ1n) is 7.46. The van der Waals surface area contributed by atoms with Gasteiger partial charge in [0.25, 0.3) is 0 Å². The molecule has 0 unspecified atom stereocenters. The Balaban J connectivity index is 3.72. The number of primary amides is 1. The minimum absolute atomic E-state index is 0.0892. The maximum absolute atomic E-state index is 12.0. The summed E-state index contributed by atoms with van der Waals surface area (Å²) in [6.07, 6.45) is 2.13. The first-order valence-corrected chi connectivity index (χ1v) is 7.46. The summed E-state index contributed by atoms with van der Waals surface area (Å²) in [5.74, 6) is -0.317. The van der Waals surface area contributed by atoms with Crippen molar-refractivity contribution in [2.45, 2.75) is 72.1 Å². The number of hydrogen-bond acceptors (Lipinski definition) is 1. The molecule has 1 rings (SSSR count). The largest absolute Gasteiger partial charge is 0.366 e. The Morgan fingerprint density at radius 3 is 1.65 bits per heavy atom. The van der Waals surface area contributed by atoms with Crippen molar-refractivity contribution in [2.75, 3.05) is 0 Å². The molecule has 20 heavy (non-hydrogen) atoms. The van der Waals surface area contributed by atoms with Gasteiger partial charge in [-0.3, -0.25) is 4.79 Å². The number of hydrogen-bond donors (Lipinski definition) is 1. The topological polar surface area (TPSA) is 43.1 Å². The maximum Gasteiger partial charge on any atom is 0.249 e. The van der Waals surface area contributed by atoms with Crippen molar-refractivity contribution in [3.63, 3.8) is 0 Å². The van der Waals surface area contributed by atoms with E-state index in [-0.39, 0.29) is 16.7 Å². The van der Waals surface area contributed by atoms with E-state index in [9.17, 15) is 4.79 Å². The second-order valence-corrected chi connectivity index (χ2v) is 7.68. The predicted molar refractivity (Wildman–Crippen MR) is 86.4 cm³/mol. The third kappa shape index (κ3) is 3.62. The lowest BCUT2D eigenvalue weighted by atomic mass is 9.74. The Morgan fingerprint density at radius 1 is 1.00 bits per heavy atom. The van der Waals surface area contributed by atoms with E-state index in [1.807, 2.05) is 0 Å². The Kier molecular flexibility index (Phi) is 4.68. The van der Waals surface area contributed by atoms with E-state index >= 15 is 0 Å². The fourth-order valence-electron chi connectivity index (χ4n) is 2.58. The lowest BCUT2D eigenvalue weighted by molar-refractivity contribution is 0.0996. The van der Waals surface area contributed by atoms with Gasteiger partial charge in [-0.05, 0) is 33.9 Å². The standard InChI is InChI=1S/C18H29NO/c1-8-9-12-10-13(17(2,3)4)15(16(19)20)14(11-12)18(5,6)7/h10-11H,8-9H2,1-7H3,(H2,19,20). The third-order valence-electron chi connectivity index (χ3n) is 3.60. The van der Waals surface area contributed by atoms with Gasteiger partial charge in [0.2, 0.25) is 5.91 Å². The highest BCUT2D eigenvalue weighted by Gasteiger charge is 2.28. The highest BCUT2D eigenvalue weighted by molar-refractivity contribution is 5.96. The lowest BCUT2D eigenvalue weighted by Gasteiger charge is -2.30. The zero-order valence-electron chi connectivity index (χ0n) is 14.1. The molecule has 112 valence electrons. The van der Waals surface area contributed by atoms with Crippen molar-refractivity contribution in [3.05, 3.63) is 34.4 Å². The highest BCUT2D eigenvalue weighted by Crippen LogP contribution is 2.35. The van der Waals surface area contributed by atoms with Gasteiger partial charge in [0.1, 0.15) is 0 Å². The highest BCUT2D eigenvalue weighted by atomic mass is 16.1. The summed E-state index contributed by atoms with van der Waals surface area (Å²) < 4.78 is 0. The summed E-state index contributed by atoms with van der Waals surface area (Å²) in [5, 5.41) is 0. The van der Waals surface area contributed by atoms with E-state index in [0.29, 0.717) is 5.56 Å². The van der Waals surface area contributed by atoms with Crippen molar-refractivity contribution >= 4 is 5.91 Å². The molecule has 0 saturated heterocycles. The van der Waals surface area contributed by atoms with E-state index in [4.69, 9.17) is 5.73 Å². The molecule has 0 aliphatic heterocycles. The molecule has 0 heterocycles. The number of aryl methyl sites for hydroxylation is 1. The first-order chi connectivity index (χ1) is 8.98. The number of carbonyl (C=O) groups excluding carboxylic acids is 1. The minimum Gasteiger partial charge on any atom is -0.366 e. The predicted octanol–water partition coefficient (Wildman–Crippen LogP) is 4.33. The van der Waals surface area contributed by atoms with Crippen molar-refractivity contribution < 1.29 is 4.79 Å². The number of nitrogens with two attached hydrogens (primary N) is 1. The molecule has 2 heteroatoms. The van der Waals surface area contributed by atoms with Crippen LogP contribution in [0.5, 0.6) is 0 Å². The van der Waals surface area contributed by atoms with Crippen molar-refractivity contribution in [1.82, 2.24) is 0 Å². The number of rotatable bonds is 3. The van der Waals surface area contributed by atoms with Gasteiger partial charge in [0.05, 0.1) is 0 Å². The van der Waals surface area contributed by atoms with E-state index in [2.05, 4.69) is 60.6 Å². The molecule has 1 aromatic rings. The number of carbonyl (C=O) groups is 1. The number of amides is 1. The van der Waals surface area contributed by atoms with E-state index in [0.717, 1.165) is 24.0 Å². The molecule has 0 atom stereocenters. The summed E-state index contributed by atoms with van der Waals surface area (Å²) in [4.78, 5) is 12.0. The van der Waals surface area contributed by atoms with Crippen LogP contribution in [0.25, 0.3) is 0 Å². The van der Waals surface area contributed by atoms with Crippen LogP contribution in [0.2, 0.25) is 0 Å². The molecular formula is C18H29NO. The van der Waals surface area contributed by atoms with Crippen LogP contribution >= 0.6 is 0 Å². The monoisotopic (exact) mass is 275 g/mol. The normalized spacial score (nSPS) is 12.6. The zero-order valence-corrected chi connectivity index (χ0v) is 14.1. The third-order valence-corrected chi connectivity index (χ3v) is 3.60. The quantitative estimate of drug-likeness (QED) is 0.876. The summed E-state index contributed by atoms with van der Waals surface area (Å²) >= 11 is 0. The fraction of sp³-hybridized carbons (Fsp3) is 0.611. The average molecular weight is 275 g/mol. The number of benzene rings is 1. The summed E-state index contributed by atoms with van der Waals surface area (Å²) in [5.41, 5.74) is 9.67. The maximum atomic E-state index is 12.0. The van der Waals surface area contributed by atoms with Crippen LogP contribution in [0, 0.1) is 0 Å². The van der Waals surface area contributed by atoms with Crippen LogP contribution in [0.1, 0.15) is 81.9 Å². The molecular weight excluding hydrogens is 246 g/mol. The van der Waals surface area contributed by atoms with Crippen LogP contribution in [-0.4, -0.2) is 5.91 Å². The molecule has 0 bridgehead atoms. The molecule has 2 nitrogen and oxygen atoms in total. The molecule has 0 radical (unpaired) electrons. The molecule has 0 aliphatic carbocycles. The Morgan fingerprint density at radius 2 is 1.40 bits per heavy atom. The van der Waals surface area contributed by atoms with Gasteiger partial charge >= 0.3 is 0 Å². The van der Waals surface area contributed by atoms with Crippen molar-refractivity contribution in [2.24, 2.45) is 5.73 Å². The van der Waals surface area contributed by atoms with E-state index in [1.54, 1.807) is 0 Å². The van der Waals surface area contributed by atoms with Gasteiger partial charge in [-0.15, -0.1) is 0 Å². The average Bonchev–Trinajstić information content (AvgIpc) is 2.25. The molecule has 0 fully saturated rings. The molecule has 2 N–H and O–H groups in total. The summed E-state index contributed by atoms with van der Waals surface area (Å²) in [7, 11) is 0. The lowest BCUT2D eigenvalue weighted by Crippen LogP contribution is -2.27. The van der Waals surface area contributed by atoms with E-state index in [1.165, 1.54) is 5.56 Å². The second kappa shape index (κ2) is 5.59. The van der Waals surface area contributed by atoms with Crippen LogP contribution in [0.4, 0.5) is 0 Å². The van der Waals surface area contributed by atoms with Crippen LogP contribution in [0.15, 0.2) is 12.1 Å². The summed E-state index contributed by atoms with van der Waals surface area (Å²) in [6.45, 7) is 15.0. The Bertz CT molecular complexity index is 466. The van der Waals surface area contributed by atoms with Gasteiger partial charge in [-0.2, -0.15) is 0 Å². The SMILES string of the molecule is CCCc1cc(C(C)(C)C)c(C(N)=O)c(C(C)(C)C)c1. The van der Waals surface area contributed by atoms with Gasteiger partial charge < -0.3 is 5.73 Å². The van der Waals surface area contributed by atoms with Gasteiger partial charge in [0.15, 0.2) is 0 Å². The molecule has 0 saturated carbocycles. The fourth-order valence-corrected chi connectivity index (χ4v) is 2.58. The molecule has 0 aliphatic rings. The Hall–Kier alpha value is -1.31. The van der Waals surface area contributed by atoms with Gasteiger partial charge in [-0.1, -0.05) is 67.0 Å². The van der Waals surface area contributed by atoms with Crippen molar-refractivity contribution in [3.8, 4) is 0 Å². The van der Waals surface area contributed by atoms with Gasteiger partial charge in [-0.25, -0.2) is 0 Å². The van der Waals surface area contributed by atoms with E-state index < -0.39 is 0 Å². The Labute approximate surface area is 123 Å². The molecule has 0 spiro atoms. The van der Waals surface area contributed by atoms with Crippen LogP contribution < -0.4 is 5.73 Å². The summed E-state index contributed by atoms with van der Waals surface area (Å²) in [6, 6.07) is 4.33. The molecule has 0 aromatic heterocycles. The second-order valence-electron chi connectivity index (χ2n) is 7.68. The van der Waals surface area contributed by atoms with Crippen LogP contribution in [-0.2, 0) is 17.3 Å². The van der Waals surface area contributed by atoms with Crippen molar-refractivity contribution in [1.29, 1.82) is 0 Å². The minimum atomic E-state index is -0.317. The molecule has 1 aromatic carbocycles.